The number of hydrogen-bond acceptors (Lipinski definition) is 3. The summed E-state index contributed by atoms with van der Waals surface area (Å²) in [4.78, 5) is 18.4. The summed E-state index contributed by atoms with van der Waals surface area (Å²) in [6.07, 6.45) is 8.03. The van der Waals surface area contributed by atoms with E-state index in [0.29, 0.717) is 6.10 Å². The molecule has 0 amide bonds. The monoisotopic (exact) mass is 378 g/mol. The molecule has 1 aromatic heterocycles. The lowest BCUT2D eigenvalue weighted by Gasteiger charge is -2.32. The maximum Gasteiger partial charge on any atom is 0.251 e. The van der Waals surface area contributed by atoms with E-state index < -0.39 is 0 Å². The molecule has 4 heteroatoms. The average molecular weight is 379 g/mol. The van der Waals surface area contributed by atoms with Gasteiger partial charge in [-0.05, 0) is 67.7 Å². The van der Waals surface area contributed by atoms with Gasteiger partial charge in [-0.2, -0.15) is 0 Å². The molecule has 0 unspecified atom stereocenters. The Balaban J connectivity index is 1.42. The van der Waals surface area contributed by atoms with Crippen LogP contribution in [0, 0.1) is 0 Å². The first-order valence-corrected chi connectivity index (χ1v) is 11.0. The van der Waals surface area contributed by atoms with Gasteiger partial charge < -0.3 is 9.72 Å². The van der Waals surface area contributed by atoms with Crippen LogP contribution in [0.25, 0.3) is 11.3 Å². The van der Waals surface area contributed by atoms with E-state index >= 15 is 0 Å². The van der Waals surface area contributed by atoms with Crippen molar-refractivity contribution in [3.8, 4) is 11.3 Å². The van der Waals surface area contributed by atoms with E-state index in [1.807, 2.05) is 0 Å². The standard InChI is InChI=1S/C24H30N2O2/c1-2-28-17-10-12-26(13-11-17)15-16-6-5-9-19-21(16)14-22-18-7-3-4-8-20(18)24(27)25-23(19)22/h5-6,9,17H,2-4,7-8,10-15H2,1H3,(H,25,27). The van der Waals surface area contributed by atoms with Crippen LogP contribution in [0.15, 0.2) is 23.0 Å². The first-order valence-electron chi connectivity index (χ1n) is 11.0. The second-order valence-corrected chi connectivity index (χ2v) is 8.52. The van der Waals surface area contributed by atoms with E-state index in [0.717, 1.165) is 76.0 Å². The summed E-state index contributed by atoms with van der Waals surface area (Å²) in [7, 11) is 0. The first kappa shape index (κ1) is 18.1. The normalized spacial score (nSPS) is 19.3. The Morgan fingerprint density at radius 1 is 1.07 bits per heavy atom. The molecule has 2 heterocycles. The van der Waals surface area contributed by atoms with Crippen molar-refractivity contribution in [1.82, 2.24) is 9.88 Å². The summed E-state index contributed by atoms with van der Waals surface area (Å²) in [6.45, 7) is 6.11. The van der Waals surface area contributed by atoms with Crippen LogP contribution in [-0.2, 0) is 30.5 Å². The quantitative estimate of drug-likeness (QED) is 0.751. The summed E-state index contributed by atoms with van der Waals surface area (Å²) >= 11 is 0. The Bertz CT molecular complexity index is 938. The molecule has 3 aliphatic rings. The van der Waals surface area contributed by atoms with Gasteiger partial charge >= 0.3 is 0 Å². The molecule has 0 bridgehead atoms. The van der Waals surface area contributed by atoms with Crippen molar-refractivity contribution in [1.29, 1.82) is 0 Å². The van der Waals surface area contributed by atoms with Crippen LogP contribution in [0.4, 0.5) is 0 Å². The van der Waals surface area contributed by atoms with E-state index in [1.54, 1.807) is 0 Å². The number of benzene rings is 1. The van der Waals surface area contributed by atoms with Gasteiger partial charge in [-0.1, -0.05) is 18.2 Å². The van der Waals surface area contributed by atoms with Gasteiger partial charge in [0.2, 0.25) is 0 Å². The number of rotatable bonds is 4. The number of piperidine rings is 1. The molecule has 1 N–H and O–H groups in total. The summed E-state index contributed by atoms with van der Waals surface area (Å²) < 4.78 is 5.80. The Morgan fingerprint density at radius 2 is 1.86 bits per heavy atom. The predicted molar refractivity (Wildman–Crippen MR) is 112 cm³/mol. The van der Waals surface area contributed by atoms with E-state index in [1.165, 1.54) is 34.2 Å². The lowest BCUT2D eigenvalue weighted by molar-refractivity contribution is 0.0125. The van der Waals surface area contributed by atoms with Crippen molar-refractivity contribution in [3.05, 3.63) is 56.4 Å². The van der Waals surface area contributed by atoms with Crippen molar-refractivity contribution in [3.63, 3.8) is 0 Å². The molecule has 28 heavy (non-hydrogen) atoms. The molecular formula is C24H30N2O2. The summed E-state index contributed by atoms with van der Waals surface area (Å²) in [5, 5.41) is 0. The Morgan fingerprint density at radius 3 is 2.64 bits per heavy atom. The Kier molecular flexibility index (Phi) is 4.85. The number of aromatic nitrogens is 1. The minimum atomic E-state index is 0.143. The molecule has 0 spiro atoms. The summed E-state index contributed by atoms with van der Waals surface area (Å²) in [5.41, 5.74) is 9.14. The number of fused-ring (bicyclic) bond motifs is 5. The molecule has 0 atom stereocenters. The fourth-order valence-corrected chi connectivity index (χ4v) is 5.44. The predicted octanol–water partition coefficient (Wildman–Crippen LogP) is 3.83. The van der Waals surface area contributed by atoms with Gasteiger partial charge in [0.15, 0.2) is 0 Å². The molecule has 1 aromatic carbocycles. The second kappa shape index (κ2) is 7.49. The van der Waals surface area contributed by atoms with Gasteiger partial charge in [0, 0.05) is 43.8 Å². The zero-order valence-corrected chi connectivity index (χ0v) is 16.9. The van der Waals surface area contributed by atoms with Crippen molar-refractivity contribution in [2.24, 2.45) is 0 Å². The zero-order valence-electron chi connectivity index (χ0n) is 16.9. The van der Waals surface area contributed by atoms with Gasteiger partial charge in [-0.3, -0.25) is 9.69 Å². The number of ether oxygens (including phenoxy) is 1. The van der Waals surface area contributed by atoms with Crippen LogP contribution < -0.4 is 5.56 Å². The maximum absolute atomic E-state index is 12.6. The molecule has 148 valence electrons. The van der Waals surface area contributed by atoms with E-state index in [-0.39, 0.29) is 5.56 Å². The number of hydrogen-bond donors (Lipinski definition) is 1. The largest absolute Gasteiger partial charge is 0.378 e. The Labute approximate surface area is 166 Å². The number of nitrogens with zero attached hydrogens (tertiary/aromatic N) is 1. The van der Waals surface area contributed by atoms with E-state index in [4.69, 9.17) is 4.74 Å². The number of pyridine rings is 1. The van der Waals surface area contributed by atoms with Gasteiger partial charge in [0.25, 0.3) is 5.56 Å². The highest BCUT2D eigenvalue weighted by Crippen LogP contribution is 2.40. The average Bonchev–Trinajstić information content (AvgIpc) is 3.10. The smallest absolute Gasteiger partial charge is 0.251 e. The Hall–Kier alpha value is -1.91. The number of H-pyrrole nitrogens is 1. The maximum atomic E-state index is 12.6. The summed E-state index contributed by atoms with van der Waals surface area (Å²) in [5.74, 6) is 0. The van der Waals surface area contributed by atoms with E-state index in [2.05, 4.69) is 35.0 Å². The first-order chi connectivity index (χ1) is 13.7. The van der Waals surface area contributed by atoms with Crippen molar-refractivity contribution in [2.75, 3.05) is 19.7 Å². The lowest BCUT2D eigenvalue weighted by Crippen LogP contribution is -2.36. The van der Waals surface area contributed by atoms with Crippen LogP contribution in [0.3, 0.4) is 0 Å². The SMILES string of the molecule is CCOC1CCN(Cc2cccc3c2Cc2c-3[nH]c(=O)c3c2CCCC3)CC1. The topological polar surface area (TPSA) is 45.3 Å². The van der Waals surface area contributed by atoms with Crippen LogP contribution in [-0.4, -0.2) is 35.7 Å². The highest BCUT2D eigenvalue weighted by atomic mass is 16.5. The second-order valence-electron chi connectivity index (χ2n) is 8.52. The molecule has 2 aromatic rings. The fourth-order valence-electron chi connectivity index (χ4n) is 5.44. The van der Waals surface area contributed by atoms with E-state index in [9.17, 15) is 4.79 Å². The third-order valence-electron chi connectivity index (χ3n) is 6.87. The summed E-state index contributed by atoms with van der Waals surface area (Å²) in [6, 6.07) is 6.63. The molecule has 1 fully saturated rings. The minimum absolute atomic E-state index is 0.143. The van der Waals surface area contributed by atoms with Crippen LogP contribution in [0.5, 0.6) is 0 Å². The van der Waals surface area contributed by atoms with Gasteiger partial charge in [0.1, 0.15) is 0 Å². The molecular weight excluding hydrogens is 348 g/mol. The van der Waals surface area contributed by atoms with Crippen LogP contribution >= 0.6 is 0 Å². The molecule has 1 aliphatic heterocycles. The van der Waals surface area contributed by atoms with Gasteiger partial charge in [-0.15, -0.1) is 0 Å². The third kappa shape index (κ3) is 3.13. The zero-order chi connectivity index (χ0) is 19.1. The fraction of sp³-hybridized carbons (Fsp3) is 0.542. The lowest BCUT2D eigenvalue weighted by atomic mass is 9.88. The van der Waals surface area contributed by atoms with Crippen LogP contribution in [0.2, 0.25) is 0 Å². The van der Waals surface area contributed by atoms with Gasteiger partial charge in [0.05, 0.1) is 11.8 Å². The molecule has 4 nitrogen and oxygen atoms in total. The molecule has 2 aliphatic carbocycles. The molecule has 0 radical (unpaired) electrons. The van der Waals surface area contributed by atoms with Crippen molar-refractivity contribution >= 4 is 0 Å². The molecule has 1 saturated heterocycles. The van der Waals surface area contributed by atoms with Gasteiger partial charge in [-0.25, -0.2) is 0 Å². The molecule has 0 saturated carbocycles. The number of likely N-dealkylation sites (tertiary alicyclic amines) is 1. The molecule has 5 rings (SSSR count). The highest BCUT2D eigenvalue weighted by molar-refractivity contribution is 5.76. The van der Waals surface area contributed by atoms with Crippen molar-refractivity contribution < 1.29 is 4.74 Å². The van der Waals surface area contributed by atoms with Crippen LogP contribution in [0.1, 0.15) is 60.4 Å². The highest BCUT2D eigenvalue weighted by Gasteiger charge is 2.29. The minimum Gasteiger partial charge on any atom is -0.378 e. The number of nitrogens with one attached hydrogen (secondary N) is 1. The third-order valence-corrected chi connectivity index (χ3v) is 6.87. The van der Waals surface area contributed by atoms with Crippen molar-refractivity contribution in [2.45, 2.75) is 64.5 Å². The number of aromatic amines is 1.